The van der Waals surface area contributed by atoms with E-state index in [0.717, 1.165) is 26.6 Å². The third kappa shape index (κ3) is 4.36. The molecule has 1 aliphatic heterocycles. The van der Waals surface area contributed by atoms with Crippen molar-refractivity contribution in [3.63, 3.8) is 0 Å². The molecule has 2 amide bonds. The zero-order chi connectivity index (χ0) is 22.1. The van der Waals surface area contributed by atoms with Gasteiger partial charge in [0.1, 0.15) is 16.4 Å². The summed E-state index contributed by atoms with van der Waals surface area (Å²) in [7, 11) is 0. The van der Waals surface area contributed by atoms with Crippen molar-refractivity contribution in [1.82, 2.24) is 0 Å². The molecule has 0 atom stereocenters. The monoisotopic (exact) mass is 452 g/mol. The smallest absolute Gasteiger partial charge is 0.283 e. The van der Waals surface area contributed by atoms with Gasteiger partial charge in [-0.2, -0.15) is 0 Å². The van der Waals surface area contributed by atoms with E-state index in [4.69, 9.17) is 11.6 Å². The third-order valence-corrected chi connectivity index (χ3v) is 6.16. The van der Waals surface area contributed by atoms with E-state index in [1.165, 1.54) is 36.0 Å². The van der Waals surface area contributed by atoms with Crippen LogP contribution in [0.25, 0.3) is 0 Å². The highest BCUT2D eigenvalue weighted by molar-refractivity contribution is 8.04. The Kier molecular flexibility index (Phi) is 5.85. The summed E-state index contributed by atoms with van der Waals surface area (Å²) in [4.78, 5) is 28.7. The molecule has 156 valence electrons. The second-order valence-corrected chi connectivity index (χ2v) is 8.65. The number of carbonyl (C=O) groups is 2. The maximum Gasteiger partial charge on any atom is 0.283 e. The van der Waals surface area contributed by atoms with Crippen LogP contribution >= 0.6 is 23.4 Å². The molecule has 4 nitrogen and oxygen atoms in total. The molecule has 7 heteroatoms. The lowest BCUT2D eigenvalue weighted by Gasteiger charge is -2.15. The molecule has 31 heavy (non-hydrogen) atoms. The van der Waals surface area contributed by atoms with E-state index in [1.54, 1.807) is 24.3 Å². The molecule has 1 heterocycles. The first-order chi connectivity index (χ1) is 14.8. The Morgan fingerprint density at radius 1 is 0.903 bits per heavy atom. The number of halogens is 2. The normalized spacial score (nSPS) is 13.9. The number of anilines is 2. The maximum atomic E-state index is 13.4. The molecule has 0 aliphatic carbocycles. The Labute approximate surface area is 188 Å². The second-order valence-electron chi connectivity index (χ2n) is 7.13. The van der Waals surface area contributed by atoms with Crippen molar-refractivity contribution in [3.05, 3.63) is 99.3 Å². The van der Waals surface area contributed by atoms with Crippen LogP contribution < -0.4 is 10.2 Å². The SMILES string of the molecule is Cc1ccc(C)c(NC2=C(Sc3ccc(Cl)cc3)C(=O)N(c3ccc(F)cc3)C2=O)c1. The van der Waals surface area contributed by atoms with Crippen molar-refractivity contribution in [3.8, 4) is 0 Å². The molecule has 0 unspecified atom stereocenters. The fourth-order valence-electron chi connectivity index (χ4n) is 3.16. The summed E-state index contributed by atoms with van der Waals surface area (Å²) in [5, 5.41) is 3.75. The van der Waals surface area contributed by atoms with Crippen LogP contribution in [0, 0.1) is 19.7 Å². The van der Waals surface area contributed by atoms with Crippen LogP contribution in [0.5, 0.6) is 0 Å². The first kappa shape index (κ1) is 21.2. The molecule has 3 aromatic carbocycles. The van der Waals surface area contributed by atoms with Gasteiger partial charge in [0, 0.05) is 15.6 Å². The Balaban J connectivity index is 1.77. The van der Waals surface area contributed by atoms with E-state index >= 15 is 0 Å². The summed E-state index contributed by atoms with van der Waals surface area (Å²) in [5.74, 6) is -1.40. The van der Waals surface area contributed by atoms with Gasteiger partial charge in [-0.3, -0.25) is 9.59 Å². The molecule has 0 bridgehead atoms. The van der Waals surface area contributed by atoms with Crippen molar-refractivity contribution >= 4 is 46.6 Å². The summed E-state index contributed by atoms with van der Waals surface area (Å²) < 4.78 is 13.4. The zero-order valence-corrected chi connectivity index (χ0v) is 18.4. The van der Waals surface area contributed by atoms with Crippen LogP contribution in [0.4, 0.5) is 15.8 Å². The molecule has 4 rings (SSSR count). The van der Waals surface area contributed by atoms with Crippen molar-refractivity contribution in [2.24, 2.45) is 0 Å². The number of rotatable bonds is 5. The Morgan fingerprint density at radius 2 is 1.58 bits per heavy atom. The fourth-order valence-corrected chi connectivity index (χ4v) is 4.22. The summed E-state index contributed by atoms with van der Waals surface area (Å²) in [5.41, 5.74) is 3.19. The molecule has 0 radical (unpaired) electrons. The van der Waals surface area contributed by atoms with Gasteiger partial charge in [0.25, 0.3) is 11.8 Å². The average molecular weight is 453 g/mol. The zero-order valence-electron chi connectivity index (χ0n) is 16.8. The van der Waals surface area contributed by atoms with Gasteiger partial charge in [0.2, 0.25) is 0 Å². The van der Waals surface area contributed by atoms with E-state index in [9.17, 15) is 14.0 Å². The number of hydrogen-bond acceptors (Lipinski definition) is 4. The van der Waals surface area contributed by atoms with Gasteiger partial charge in [-0.25, -0.2) is 9.29 Å². The maximum absolute atomic E-state index is 13.4. The second kappa shape index (κ2) is 8.57. The number of amides is 2. The van der Waals surface area contributed by atoms with Gasteiger partial charge in [-0.1, -0.05) is 35.5 Å². The summed E-state index contributed by atoms with van der Waals surface area (Å²) >= 11 is 7.15. The minimum absolute atomic E-state index is 0.183. The van der Waals surface area contributed by atoms with Crippen LogP contribution in [0.3, 0.4) is 0 Å². The number of carbonyl (C=O) groups excluding carboxylic acids is 2. The number of hydrogen-bond donors (Lipinski definition) is 1. The highest BCUT2D eigenvalue weighted by atomic mass is 35.5. The topological polar surface area (TPSA) is 49.4 Å². The lowest BCUT2D eigenvalue weighted by Crippen LogP contribution is -2.32. The van der Waals surface area contributed by atoms with Gasteiger partial charge in [-0.05, 0) is 79.6 Å². The van der Waals surface area contributed by atoms with Crippen molar-refractivity contribution < 1.29 is 14.0 Å². The lowest BCUT2D eigenvalue weighted by molar-refractivity contribution is -0.120. The Bertz CT molecular complexity index is 1210. The number of benzene rings is 3. The minimum Gasteiger partial charge on any atom is -0.350 e. The minimum atomic E-state index is -0.492. The first-order valence-electron chi connectivity index (χ1n) is 9.50. The molecule has 1 aliphatic rings. The summed E-state index contributed by atoms with van der Waals surface area (Å²) in [6, 6.07) is 18.1. The summed E-state index contributed by atoms with van der Waals surface area (Å²) in [6.07, 6.45) is 0. The first-order valence-corrected chi connectivity index (χ1v) is 10.7. The Hall–Kier alpha value is -3.09. The number of imide groups is 1. The van der Waals surface area contributed by atoms with Crippen LogP contribution in [0.2, 0.25) is 5.02 Å². The molecule has 0 spiro atoms. The highest BCUT2D eigenvalue weighted by Gasteiger charge is 2.40. The largest absolute Gasteiger partial charge is 0.350 e. The van der Waals surface area contributed by atoms with E-state index in [-0.39, 0.29) is 10.6 Å². The van der Waals surface area contributed by atoms with Crippen molar-refractivity contribution in [2.45, 2.75) is 18.7 Å². The fraction of sp³-hybridized carbons (Fsp3) is 0.0833. The summed E-state index contributed by atoms with van der Waals surface area (Å²) in [6.45, 7) is 3.88. The van der Waals surface area contributed by atoms with E-state index < -0.39 is 17.6 Å². The van der Waals surface area contributed by atoms with Gasteiger partial charge in [-0.15, -0.1) is 0 Å². The molecule has 0 saturated heterocycles. The third-order valence-electron chi connectivity index (χ3n) is 4.81. The number of thioether (sulfide) groups is 1. The van der Waals surface area contributed by atoms with Gasteiger partial charge < -0.3 is 5.32 Å². The van der Waals surface area contributed by atoms with E-state index in [1.807, 2.05) is 32.0 Å². The van der Waals surface area contributed by atoms with Crippen LogP contribution in [-0.2, 0) is 9.59 Å². The Morgan fingerprint density at radius 3 is 2.26 bits per heavy atom. The molecule has 1 N–H and O–H groups in total. The predicted octanol–water partition coefficient (Wildman–Crippen LogP) is 6.09. The molecule has 3 aromatic rings. The lowest BCUT2D eigenvalue weighted by atomic mass is 10.1. The van der Waals surface area contributed by atoms with Gasteiger partial charge in [0.05, 0.1) is 5.69 Å². The van der Waals surface area contributed by atoms with E-state index in [0.29, 0.717) is 10.7 Å². The number of aryl methyl sites for hydroxylation is 2. The number of nitrogens with zero attached hydrogens (tertiary/aromatic N) is 1. The molecule has 0 fully saturated rings. The quantitative estimate of drug-likeness (QED) is 0.476. The average Bonchev–Trinajstić information content (AvgIpc) is 2.97. The van der Waals surface area contributed by atoms with Gasteiger partial charge >= 0.3 is 0 Å². The highest BCUT2D eigenvalue weighted by Crippen LogP contribution is 2.38. The van der Waals surface area contributed by atoms with Crippen molar-refractivity contribution in [1.29, 1.82) is 0 Å². The molecule has 0 saturated carbocycles. The predicted molar refractivity (Wildman–Crippen MR) is 123 cm³/mol. The standard InChI is InChI=1S/C24H18ClFN2O2S/c1-14-3-4-15(2)20(13-14)27-21-22(31-19-11-5-16(25)6-12-19)24(30)28(23(21)29)18-9-7-17(26)8-10-18/h3-13,27H,1-2H3. The van der Waals surface area contributed by atoms with Crippen LogP contribution in [-0.4, -0.2) is 11.8 Å². The van der Waals surface area contributed by atoms with Crippen molar-refractivity contribution in [2.75, 3.05) is 10.2 Å². The van der Waals surface area contributed by atoms with Crippen LogP contribution in [0.1, 0.15) is 11.1 Å². The molecular weight excluding hydrogens is 435 g/mol. The van der Waals surface area contributed by atoms with Gasteiger partial charge in [0.15, 0.2) is 0 Å². The number of nitrogens with one attached hydrogen (secondary N) is 1. The molecule has 0 aromatic heterocycles. The van der Waals surface area contributed by atoms with E-state index in [2.05, 4.69) is 5.32 Å². The molecular formula is C24H18ClFN2O2S. The van der Waals surface area contributed by atoms with Crippen LogP contribution in [0.15, 0.2) is 82.2 Å².